The first-order valence-corrected chi connectivity index (χ1v) is 12.1. The summed E-state index contributed by atoms with van der Waals surface area (Å²) in [5, 5.41) is 4.17. The molecule has 0 bridgehead atoms. The van der Waals surface area contributed by atoms with Gasteiger partial charge in [-0.1, -0.05) is 50.5 Å². The molecule has 0 atom stereocenters. The molecule has 2 aromatic carbocycles. The molecule has 0 aliphatic carbocycles. The number of ether oxygens (including phenoxy) is 2. The van der Waals surface area contributed by atoms with Crippen molar-refractivity contribution < 1.29 is 19.1 Å². The highest BCUT2D eigenvalue weighted by Gasteiger charge is 2.16. The third-order valence-electron chi connectivity index (χ3n) is 6.37. The summed E-state index contributed by atoms with van der Waals surface area (Å²) >= 11 is 0. The van der Waals surface area contributed by atoms with Crippen LogP contribution < -0.4 is 10.1 Å². The Bertz CT molecular complexity index is 1230. The normalized spacial score (nSPS) is 10.9. The first kappa shape index (κ1) is 26.1. The smallest absolute Gasteiger partial charge is 0.337 e. The van der Waals surface area contributed by atoms with E-state index in [9.17, 15) is 9.59 Å². The van der Waals surface area contributed by atoms with E-state index in [2.05, 4.69) is 49.9 Å². The number of nitrogens with zero attached hydrogens (tertiary/aromatic N) is 1. The van der Waals surface area contributed by atoms with Gasteiger partial charge >= 0.3 is 5.97 Å². The number of hydrogen-bond acceptors (Lipinski definition) is 4. The van der Waals surface area contributed by atoms with Crippen LogP contribution in [0.15, 0.2) is 48.2 Å². The van der Waals surface area contributed by atoms with E-state index >= 15 is 0 Å². The Hall–Kier alpha value is -3.54. The highest BCUT2D eigenvalue weighted by molar-refractivity contribution is 6.00. The van der Waals surface area contributed by atoms with Crippen molar-refractivity contribution in [2.24, 2.45) is 5.92 Å². The molecular weight excluding hydrogens is 440 g/mol. The number of allylic oxidation sites excluding steroid dienone is 1. The molecule has 1 aromatic heterocycles. The zero-order valence-corrected chi connectivity index (χ0v) is 21.6. The molecule has 35 heavy (non-hydrogen) atoms. The summed E-state index contributed by atoms with van der Waals surface area (Å²) in [6.07, 6.45) is 6.32. The van der Waals surface area contributed by atoms with Gasteiger partial charge in [-0.25, -0.2) is 4.79 Å². The Morgan fingerprint density at radius 2 is 1.74 bits per heavy atom. The number of carbonyl (C=O) groups excluding carboxylic acids is 2. The fourth-order valence-corrected chi connectivity index (χ4v) is 4.24. The van der Waals surface area contributed by atoms with Crippen molar-refractivity contribution in [1.82, 2.24) is 9.88 Å². The summed E-state index contributed by atoms with van der Waals surface area (Å²) in [5.41, 5.74) is 5.24. The van der Waals surface area contributed by atoms with Gasteiger partial charge in [0, 0.05) is 34.8 Å². The highest BCUT2D eigenvalue weighted by atomic mass is 16.5. The van der Waals surface area contributed by atoms with Gasteiger partial charge < -0.3 is 19.4 Å². The van der Waals surface area contributed by atoms with Gasteiger partial charge in [0.2, 0.25) is 0 Å². The molecule has 6 heteroatoms. The van der Waals surface area contributed by atoms with Gasteiger partial charge in [0.15, 0.2) is 0 Å². The molecule has 0 saturated carbocycles. The van der Waals surface area contributed by atoms with E-state index < -0.39 is 5.97 Å². The molecule has 0 aliphatic rings. The average molecular weight is 477 g/mol. The number of carbonyl (C=O) groups is 2. The van der Waals surface area contributed by atoms with Crippen molar-refractivity contribution in [2.45, 2.75) is 47.1 Å². The van der Waals surface area contributed by atoms with Crippen LogP contribution in [0.3, 0.4) is 0 Å². The number of aromatic nitrogens is 1. The van der Waals surface area contributed by atoms with Gasteiger partial charge in [-0.05, 0) is 49.6 Å². The Balaban J connectivity index is 2.01. The Morgan fingerprint density at radius 1 is 1.03 bits per heavy atom. The fourth-order valence-electron chi connectivity index (χ4n) is 4.24. The number of hydrogen-bond donors (Lipinski definition) is 1. The van der Waals surface area contributed by atoms with Gasteiger partial charge in [0.05, 0.1) is 26.3 Å². The van der Waals surface area contributed by atoms with E-state index in [-0.39, 0.29) is 5.91 Å². The zero-order valence-electron chi connectivity index (χ0n) is 21.6. The molecule has 0 saturated heterocycles. The van der Waals surface area contributed by atoms with E-state index in [1.165, 1.54) is 12.7 Å². The number of fused-ring (bicyclic) bond motifs is 1. The molecule has 6 nitrogen and oxygen atoms in total. The predicted molar refractivity (Wildman–Crippen MR) is 141 cm³/mol. The molecule has 3 aromatic rings. The largest absolute Gasteiger partial charge is 0.496 e. The molecule has 1 heterocycles. The average Bonchev–Trinajstić information content (AvgIpc) is 3.19. The van der Waals surface area contributed by atoms with Crippen LogP contribution >= 0.6 is 0 Å². The minimum atomic E-state index is -0.406. The first-order valence-electron chi connectivity index (χ1n) is 12.1. The van der Waals surface area contributed by atoms with Crippen molar-refractivity contribution in [3.05, 3.63) is 70.4 Å². The molecule has 1 N–H and O–H groups in total. The molecule has 0 unspecified atom stereocenters. The van der Waals surface area contributed by atoms with Crippen LogP contribution in [0.1, 0.15) is 72.4 Å². The van der Waals surface area contributed by atoms with Crippen LogP contribution in [0.2, 0.25) is 0 Å². The molecule has 3 rings (SSSR count). The summed E-state index contributed by atoms with van der Waals surface area (Å²) in [4.78, 5) is 24.9. The number of esters is 1. The minimum Gasteiger partial charge on any atom is -0.496 e. The van der Waals surface area contributed by atoms with Crippen LogP contribution in [0, 0.1) is 5.92 Å². The first-order chi connectivity index (χ1) is 16.8. The quantitative estimate of drug-likeness (QED) is 0.360. The summed E-state index contributed by atoms with van der Waals surface area (Å²) in [6.45, 7) is 9.63. The lowest BCUT2D eigenvalue weighted by molar-refractivity contribution is 0.0600. The van der Waals surface area contributed by atoms with E-state index in [0.29, 0.717) is 35.9 Å². The van der Waals surface area contributed by atoms with Gasteiger partial charge in [0.25, 0.3) is 5.91 Å². The second kappa shape index (κ2) is 11.7. The summed E-state index contributed by atoms with van der Waals surface area (Å²) in [7, 11) is 2.95. The molecule has 0 fully saturated rings. The maximum atomic E-state index is 12.9. The Morgan fingerprint density at radius 3 is 2.37 bits per heavy atom. The third-order valence-corrected chi connectivity index (χ3v) is 6.37. The number of nitrogens with one attached hydrogen (secondary N) is 1. The third kappa shape index (κ3) is 6.13. The second-order valence-corrected chi connectivity index (χ2v) is 9.08. The van der Waals surface area contributed by atoms with E-state index in [1.807, 2.05) is 24.3 Å². The van der Waals surface area contributed by atoms with E-state index in [4.69, 9.17) is 9.47 Å². The number of amides is 1. The van der Waals surface area contributed by atoms with Crippen LogP contribution in [0.5, 0.6) is 5.75 Å². The minimum absolute atomic E-state index is 0.0599. The number of rotatable bonds is 10. The summed E-state index contributed by atoms with van der Waals surface area (Å²) < 4.78 is 12.5. The topological polar surface area (TPSA) is 69.6 Å². The van der Waals surface area contributed by atoms with Gasteiger partial charge in [0.1, 0.15) is 5.75 Å². The van der Waals surface area contributed by atoms with Gasteiger partial charge in [-0.2, -0.15) is 0 Å². The number of benzene rings is 2. The van der Waals surface area contributed by atoms with Crippen molar-refractivity contribution in [3.8, 4) is 5.75 Å². The number of methoxy groups -OCH3 is 2. The second-order valence-electron chi connectivity index (χ2n) is 9.08. The van der Waals surface area contributed by atoms with Gasteiger partial charge in [-0.15, -0.1) is 0 Å². The SMILES string of the molecule is CCC(CC)CNC(=O)c1ccc2c(C=C(C)C)cn(Cc3ccc(C(=O)OC)cc3OC)c2c1. The Kier molecular flexibility index (Phi) is 8.74. The Labute approximate surface area is 207 Å². The molecule has 0 radical (unpaired) electrons. The van der Waals surface area contributed by atoms with Crippen molar-refractivity contribution in [3.63, 3.8) is 0 Å². The lowest BCUT2D eigenvalue weighted by Gasteiger charge is -2.14. The molecule has 0 aliphatic heterocycles. The van der Waals surface area contributed by atoms with Crippen LogP contribution in [-0.4, -0.2) is 37.2 Å². The zero-order chi connectivity index (χ0) is 25.5. The van der Waals surface area contributed by atoms with Crippen molar-refractivity contribution >= 4 is 28.9 Å². The maximum Gasteiger partial charge on any atom is 0.337 e. The van der Waals surface area contributed by atoms with E-state index in [0.717, 1.165) is 34.9 Å². The summed E-state index contributed by atoms with van der Waals surface area (Å²) in [6, 6.07) is 11.2. The van der Waals surface area contributed by atoms with Crippen LogP contribution in [-0.2, 0) is 11.3 Å². The van der Waals surface area contributed by atoms with Crippen LogP contribution in [0.4, 0.5) is 0 Å². The summed E-state index contributed by atoms with van der Waals surface area (Å²) in [5.74, 6) is 0.625. The predicted octanol–water partition coefficient (Wildman–Crippen LogP) is 6.07. The maximum absolute atomic E-state index is 12.9. The molecule has 0 spiro atoms. The monoisotopic (exact) mass is 476 g/mol. The molecule has 186 valence electrons. The van der Waals surface area contributed by atoms with Crippen molar-refractivity contribution in [2.75, 3.05) is 20.8 Å². The molecule has 1 amide bonds. The molecular formula is C29H36N2O4. The van der Waals surface area contributed by atoms with E-state index in [1.54, 1.807) is 19.2 Å². The van der Waals surface area contributed by atoms with Crippen LogP contribution in [0.25, 0.3) is 17.0 Å². The fraction of sp³-hybridized carbons (Fsp3) is 0.379. The standard InChI is InChI=1S/C29H36N2O4/c1-7-20(8-2)16-30-28(32)21-11-12-25-24(13-19(3)4)18-31(26(25)14-21)17-23-10-9-22(29(33)35-6)15-27(23)34-5/h9-15,18,20H,7-8,16-17H2,1-6H3,(H,30,32). The van der Waals surface area contributed by atoms with Crippen molar-refractivity contribution in [1.29, 1.82) is 0 Å². The van der Waals surface area contributed by atoms with Gasteiger partial charge in [-0.3, -0.25) is 4.79 Å². The lowest BCUT2D eigenvalue weighted by Crippen LogP contribution is -2.28. The lowest BCUT2D eigenvalue weighted by atomic mass is 10.0. The highest BCUT2D eigenvalue weighted by Crippen LogP contribution is 2.28.